The van der Waals surface area contributed by atoms with Gasteiger partial charge in [0.15, 0.2) is 0 Å². The van der Waals surface area contributed by atoms with Crippen molar-refractivity contribution in [3.05, 3.63) is 29.8 Å². The van der Waals surface area contributed by atoms with Crippen LogP contribution in [0.3, 0.4) is 0 Å². The molecule has 0 amide bonds. The van der Waals surface area contributed by atoms with Gasteiger partial charge in [-0.05, 0) is 56.3 Å². The molecule has 116 valence electrons. The number of carboxylic acid groups (broad SMARTS) is 1. The van der Waals surface area contributed by atoms with Gasteiger partial charge in [0.2, 0.25) is 0 Å². The van der Waals surface area contributed by atoms with Crippen molar-refractivity contribution in [2.75, 3.05) is 20.2 Å². The summed E-state index contributed by atoms with van der Waals surface area (Å²) in [5.41, 5.74) is 1.29. The van der Waals surface area contributed by atoms with E-state index in [1.807, 2.05) is 12.1 Å². The third-order valence-corrected chi connectivity index (χ3v) is 4.46. The van der Waals surface area contributed by atoms with Gasteiger partial charge in [0.25, 0.3) is 0 Å². The van der Waals surface area contributed by atoms with Gasteiger partial charge in [-0.1, -0.05) is 12.1 Å². The molecule has 0 aromatic heterocycles. The van der Waals surface area contributed by atoms with E-state index in [2.05, 4.69) is 24.0 Å². The van der Waals surface area contributed by atoms with Gasteiger partial charge in [-0.25, -0.2) is 0 Å². The normalized spacial score (nSPS) is 21.0. The van der Waals surface area contributed by atoms with Gasteiger partial charge >= 0.3 is 5.97 Å². The average molecular weight is 291 g/mol. The summed E-state index contributed by atoms with van der Waals surface area (Å²) in [6.07, 6.45) is 3.39. The van der Waals surface area contributed by atoms with Crippen molar-refractivity contribution in [1.82, 2.24) is 4.90 Å². The minimum Gasteiger partial charge on any atom is -0.497 e. The van der Waals surface area contributed by atoms with Crippen LogP contribution in [0, 0.1) is 5.92 Å². The number of benzene rings is 1. The summed E-state index contributed by atoms with van der Waals surface area (Å²) < 4.78 is 5.20. The summed E-state index contributed by atoms with van der Waals surface area (Å²) in [5, 5.41) is 8.82. The van der Waals surface area contributed by atoms with E-state index in [1.54, 1.807) is 7.11 Å². The average Bonchev–Trinajstić information content (AvgIpc) is 2.52. The second-order valence-corrected chi connectivity index (χ2v) is 5.88. The van der Waals surface area contributed by atoms with Crippen molar-refractivity contribution in [1.29, 1.82) is 0 Å². The van der Waals surface area contributed by atoms with Gasteiger partial charge in [-0.3, -0.25) is 9.69 Å². The lowest BCUT2D eigenvalue weighted by Crippen LogP contribution is -2.37. The van der Waals surface area contributed by atoms with Gasteiger partial charge in [0.05, 0.1) is 7.11 Å². The number of nitrogens with zero attached hydrogens (tertiary/aromatic N) is 1. The molecule has 0 aliphatic carbocycles. The minimum absolute atomic E-state index is 0.287. The molecule has 4 heteroatoms. The van der Waals surface area contributed by atoms with Crippen molar-refractivity contribution in [2.24, 2.45) is 5.92 Å². The largest absolute Gasteiger partial charge is 0.497 e. The number of hydrogen-bond acceptors (Lipinski definition) is 3. The zero-order valence-electron chi connectivity index (χ0n) is 12.9. The van der Waals surface area contributed by atoms with Crippen LogP contribution in [0.1, 0.15) is 44.2 Å². The van der Waals surface area contributed by atoms with E-state index < -0.39 is 5.97 Å². The summed E-state index contributed by atoms with van der Waals surface area (Å²) in [7, 11) is 1.68. The van der Waals surface area contributed by atoms with Crippen molar-refractivity contribution in [3.63, 3.8) is 0 Å². The zero-order valence-corrected chi connectivity index (χ0v) is 12.9. The zero-order chi connectivity index (χ0) is 15.2. The van der Waals surface area contributed by atoms with E-state index in [4.69, 9.17) is 9.84 Å². The SMILES string of the molecule is COc1ccc(C(C)N2CCCC(CCC(=O)O)C2)cc1. The third-order valence-electron chi connectivity index (χ3n) is 4.46. The number of carbonyl (C=O) groups is 1. The summed E-state index contributed by atoms with van der Waals surface area (Å²) >= 11 is 0. The topological polar surface area (TPSA) is 49.8 Å². The molecule has 21 heavy (non-hydrogen) atoms. The molecule has 4 nitrogen and oxygen atoms in total. The Morgan fingerprint density at radius 3 is 2.76 bits per heavy atom. The summed E-state index contributed by atoms with van der Waals surface area (Å²) in [5.74, 6) is 0.704. The molecule has 0 saturated carbocycles. The fourth-order valence-corrected chi connectivity index (χ4v) is 3.11. The number of ether oxygens (including phenoxy) is 1. The molecular formula is C17H25NO3. The second kappa shape index (κ2) is 7.46. The third kappa shape index (κ3) is 4.46. The first-order valence-electron chi connectivity index (χ1n) is 7.70. The van der Waals surface area contributed by atoms with Gasteiger partial charge < -0.3 is 9.84 Å². The molecule has 1 aromatic rings. The molecule has 1 aliphatic heterocycles. The molecule has 1 saturated heterocycles. The molecule has 2 atom stereocenters. The second-order valence-electron chi connectivity index (χ2n) is 5.88. The number of hydrogen-bond donors (Lipinski definition) is 1. The Hall–Kier alpha value is -1.55. The quantitative estimate of drug-likeness (QED) is 0.873. The first-order chi connectivity index (χ1) is 10.1. The lowest BCUT2D eigenvalue weighted by molar-refractivity contribution is -0.137. The highest BCUT2D eigenvalue weighted by Gasteiger charge is 2.24. The predicted molar refractivity (Wildman–Crippen MR) is 82.6 cm³/mol. The van der Waals surface area contributed by atoms with Crippen molar-refractivity contribution >= 4 is 5.97 Å². The Kier molecular flexibility index (Phi) is 5.62. The maximum absolute atomic E-state index is 10.7. The lowest BCUT2D eigenvalue weighted by Gasteiger charge is -2.37. The Balaban J connectivity index is 1.94. The Bertz CT molecular complexity index is 458. The van der Waals surface area contributed by atoms with Crippen molar-refractivity contribution < 1.29 is 14.6 Å². The summed E-state index contributed by atoms with van der Waals surface area (Å²) in [6, 6.07) is 8.59. The molecule has 1 fully saturated rings. The standard InChI is InChI=1S/C17H25NO3/c1-13(15-6-8-16(21-2)9-7-15)18-11-3-4-14(12-18)5-10-17(19)20/h6-9,13-14H,3-5,10-12H2,1-2H3,(H,19,20). The number of rotatable bonds is 6. The molecule has 0 spiro atoms. The highest BCUT2D eigenvalue weighted by atomic mass is 16.5. The summed E-state index contributed by atoms with van der Waals surface area (Å²) in [4.78, 5) is 13.2. The van der Waals surface area contributed by atoms with E-state index in [1.165, 1.54) is 5.56 Å². The van der Waals surface area contributed by atoms with E-state index in [9.17, 15) is 4.79 Å². The molecule has 0 bridgehead atoms. The Morgan fingerprint density at radius 2 is 2.14 bits per heavy atom. The number of methoxy groups -OCH3 is 1. The minimum atomic E-state index is -0.685. The highest BCUT2D eigenvalue weighted by Crippen LogP contribution is 2.29. The van der Waals surface area contributed by atoms with E-state index >= 15 is 0 Å². The van der Waals surface area contributed by atoms with Gasteiger partial charge in [0.1, 0.15) is 5.75 Å². The van der Waals surface area contributed by atoms with Crippen LogP contribution in [-0.2, 0) is 4.79 Å². The lowest BCUT2D eigenvalue weighted by atomic mass is 9.91. The van der Waals surface area contributed by atoms with E-state index in [0.29, 0.717) is 12.0 Å². The Labute approximate surface area is 126 Å². The number of carboxylic acids is 1. The van der Waals surface area contributed by atoms with Crippen LogP contribution in [0.25, 0.3) is 0 Å². The first kappa shape index (κ1) is 15.8. The van der Waals surface area contributed by atoms with E-state index in [0.717, 1.165) is 38.1 Å². The van der Waals surface area contributed by atoms with Gasteiger partial charge in [-0.15, -0.1) is 0 Å². The highest BCUT2D eigenvalue weighted by molar-refractivity contribution is 5.66. The van der Waals surface area contributed by atoms with Crippen molar-refractivity contribution in [3.8, 4) is 5.75 Å². The predicted octanol–water partition coefficient (Wildman–Crippen LogP) is 3.33. The van der Waals surface area contributed by atoms with Crippen LogP contribution >= 0.6 is 0 Å². The molecule has 1 aromatic carbocycles. The van der Waals surface area contributed by atoms with E-state index in [-0.39, 0.29) is 6.42 Å². The molecule has 1 N–H and O–H groups in total. The smallest absolute Gasteiger partial charge is 0.303 e. The van der Waals surface area contributed by atoms with Gasteiger partial charge in [0, 0.05) is 19.0 Å². The Morgan fingerprint density at radius 1 is 1.43 bits per heavy atom. The maximum Gasteiger partial charge on any atom is 0.303 e. The molecule has 2 rings (SSSR count). The van der Waals surface area contributed by atoms with Crippen LogP contribution in [-0.4, -0.2) is 36.2 Å². The molecule has 0 radical (unpaired) electrons. The number of aliphatic carboxylic acids is 1. The van der Waals surface area contributed by atoms with Crippen molar-refractivity contribution in [2.45, 2.75) is 38.6 Å². The van der Waals surface area contributed by atoms with Gasteiger partial charge in [-0.2, -0.15) is 0 Å². The van der Waals surface area contributed by atoms with Crippen LogP contribution in [0.4, 0.5) is 0 Å². The van der Waals surface area contributed by atoms with Crippen LogP contribution in [0.15, 0.2) is 24.3 Å². The number of piperidine rings is 1. The fourth-order valence-electron chi connectivity index (χ4n) is 3.11. The van der Waals surface area contributed by atoms with Crippen LogP contribution in [0.2, 0.25) is 0 Å². The maximum atomic E-state index is 10.7. The summed E-state index contributed by atoms with van der Waals surface area (Å²) in [6.45, 7) is 4.32. The first-order valence-corrected chi connectivity index (χ1v) is 7.70. The molecule has 2 unspecified atom stereocenters. The molecular weight excluding hydrogens is 266 g/mol. The number of likely N-dealkylation sites (tertiary alicyclic amines) is 1. The molecule has 1 heterocycles. The fraction of sp³-hybridized carbons (Fsp3) is 0.588. The van der Waals surface area contributed by atoms with Crippen LogP contribution in [0.5, 0.6) is 5.75 Å². The monoisotopic (exact) mass is 291 g/mol. The van der Waals surface area contributed by atoms with Crippen LogP contribution < -0.4 is 4.74 Å². The molecule has 1 aliphatic rings.